The first-order valence-electron chi connectivity index (χ1n) is 9.09. The Bertz CT molecular complexity index is 909. The largest absolute Gasteiger partial charge is 0.465 e. The number of unbranched alkanes of at least 4 members (excludes halogenated alkanes) is 1. The lowest BCUT2D eigenvalue weighted by Gasteiger charge is -2.24. The standard InChI is InChI=1S/C19H24N6O2/c1-4-5-12-23(15-9-7-6-8-10-15)16-17-21-22-18(24(17)13-11-20-16)25(14(2)3)19(26)27/h6-11,13-14H,4-5,12H2,1-3H3,(H,26,27). The van der Waals surface area contributed by atoms with Gasteiger partial charge in [-0.2, -0.15) is 0 Å². The van der Waals surface area contributed by atoms with E-state index in [1.807, 2.05) is 30.3 Å². The van der Waals surface area contributed by atoms with Crippen LogP contribution in [0.1, 0.15) is 33.6 Å². The lowest BCUT2D eigenvalue weighted by atomic mass is 10.2. The van der Waals surface area contributed by atoms with Crippen LogP contribution in [-0.4, -0.2) is 43.4 Å². The van der Waals surface area contributed by atoms with Gasteiger partial charge in [0.05, 0.1) is 0 Å². The molecule has 3 rings (SSSR count). The maximum atomic E-state index is 11.7. The van der Waals surface area contributed by atoms with Gasteiger partial charge in [-0.1, -0.05) is 31.5 Å². The molecule has 0 radical (unpaired) electrons. The van der Waals surface area contributed by atoms with Crippen molar-refractivity contribution in [3.05, 3.63) is 42.7 Å². The molecule has 2 aromatic heterocycles. The Morgan fingerprint density at radius 3 is 2.59 bits per heavy atom. The number of fused-ring (bicyclic) bond motifs is 1. The van der Waals surface area contributed by atoms with Gasteiger partial charge in [0.25, 0.3) is 0 Å². The predicted octanol–water partition coefficient (Wildman–Crippen LogP) is 3.96. The molecular formula is C19H24N6O2. The lowest BCUT2D eigenvalue weighted by Crippen LogP contribution is -2.37. The smallest absolute Gasteiger partial charge is 0.414 e. The first-order chi connectivity index (χ1) is 13.0. The van der Waals surface area contributed by atoms with Crippen molar-refractivity contribution in [1.82, 2.24) is 19.6 Å². The maximum absolute atomic E-state index is 11.7. The SMILES string of the molecule is CCCCN(c1ccccc1)c1nccn2c(N(C(=O)O)C(C)C)nnc12. The fraction of sp³-hybridized carbons (Fsp3) is 0.368. The average Bonchev–Trinajstić information content (AvgIpc) is 3.07. The highest BCUT2D eigenvalue weighted by Gasteiger charge is 2.25. The van der Waals surface area contributed by atoms with Gasteiger partial charge in [-0.3, -0.25) is 4.40 Å². The number of hydrogen-bond donors (Lipinski definition) is 1. The number of para-hydroxylation sites is 1. The number of benzene rings is 1. The average molecular weight is 368 g/mol. The zero-order valence-electron chi connectivity index (χ0n) is 15.8. The first kappa shape index (κ1) is 18.6. The quantitative estimate of drug-likeness (QED) is 0.679. The fourth-order valence-electron chi connectivity index (χ4n) is 2.97. The second-order valence-corrected chi connectivity index (χ2v) is 6.53. The summed E-state index contributed by atoms with van der Waals surface area (Å²) in [5, 5.41) is 18.0. The number of anilines is 3. The Labute approximate surface area is 158 Å². The third kappa shape index (κ3) is 3.69. The van der Waals surface area contributed by atoms with Gasteiger partial charge < -0.3 is 10.0 Å². The minimum Gasteiger partial charge on any atom is -0.465 e. The van der Waals surface area contributed by atoms with Crippen molar-refractivity contribution in [2.45, 2.75) is 39.7 Å². The Morgan fingerprint density at radius 2 is 1.96 bits per heavy atom. The summed E-state index contributed by atoms with van der Waals surface area (Å²) in [7, 11) is 0. The van der Waals surface area contributed by atoms with Gasteiger partial charge in [-0.15, -0.1) is 10.2 Å². The second-order valence-electron chi connectivity index (χ2n) is 6.53. The molecule has 0 aliphatic carbocycles. The van der Waals surface area contributed by atoms with E-state index in [2.05, 4.69) is 27.0 Å². The lowest BCUT2D eigenvalue weighted by molar-refractivity contribution is 0.199. The van der Waals surface area contributed by atoms with E-state index in [0.29, 0.717) is 11.5 Å². The van der Waals surface area contributed by atoms with Gasteiger partial charge in [0.1, 0.15) is 0 Å². The molecule has 142 valence electrons. The van der Waals surface area contributed by atoms with Crippen molar-refractivity contribution in [2.24, 2.45) is 0 Å². The minimum absolute atomic E-state index is 0.264. The summed E-state index contributed by atoms with van der Waals surface area (Å²) in [6, 6.07) is 9.71. The Kier molecular flexibility index (Phi) is 5.54. The van der Waals surface area contributed by atoms with Crippen molar-refractivity contribution < 1.29 is 9.90 Å². The van der Waals surface area contributed by atoms with E-state index in [1.54, 1.807) is 30.6 Å². The third-order valence-electron chi connectivity index (χ3n) is 4.29. The fourth-order valence-corrected chi connectivity index (χ4v) is 2.97. The van der Waals surface area contributed by atoms with E-state index in [1.165, 1.54) is 4.90 Å². The highest BCUT2D eigenvalue weighted by molar-refractivity contribution is 5.85. The van der Waals surface area contributed by atoms with E-state index < -0.39 is 6.09 Å². The van der Waals surface area contributed by atoms with Crippen molar-refractivity contribution in [1.29, 1.82) is 0 Å². The summed E-state index contributed by atoms with van der Waals surface area (Å²) in [6.45, 7) is 6.52. The molecule has 0 aliphatic heterocycles. The van der Waals surface area contributed by atoms with Crippen LogP contribution < -0.4 is 9.80 Å². The number of carbonyl (C=O) groups is 1. The van der Waals surface area contributed by atoms with E-state index in [9.17, 15) is 9.90 Å². The van der Waals surface area contributed by atoms with Crippen LogP contribution in [0.25, 0.3) is 5.65 Å². The van der Waals surface area contributed by atoms with Gasteiger partial charge in [0, 0.05) is 30.7 Å². The van der Waals surface area contributed by atoms with Crippen molar-refractivity contribution in [2.75, 3.05) is 16.3 Å². The molecule has 0 saturated carbocycles. The third-order valence-corrected chi connectivity index (χ3v) is 4.29. The van der Waals surface area contributed by atoms with Crippen LogP contribution in [0.5, 0.6) is 0 Å². The monoisotopic (exact) mass is 368 g/mol. The van der Waals surface area contributed by atoms with E-state index >= 15 is 0 Å². The van der Waals surface area contributed by atoms with E-state index in [-0.39, 0.29) is 12.0 Å². The van der Waals surface area contributed by atoms with E-state index in [4.69, 9.17) is 0 Å². The van der Waals surface area contributed by atoms with Crippen LogP contribution in [0.15, 0.2) is 42.7 Å². The van der Waals surface area contributed by atoms with Crippen molar-refractivity contribution in [3.63, 3.8) is 0 Å². The number of aromatic nitrogens is 4. The van der Waals surface area contributed by atoms with Gasteiger partial charge in [-0.05, 0) is 32.4 Å². The van der Waals surface area contributed by atoms with Crippen LogP contribution >= 0.6 is 0 Å². The number of hydrogen-bond acceptors (Lipinski definition) is 5. The summed E-state index contributed by atoms with van der Waals surface area (Å²) in [6.07, 6.45) is 4.31. The molecule has 0 atom stereocenters. The van der Waals surface area contributed by atoms with Gasteiger partial charge in [0.2, 0.25) is 11.6 Å². The number of nitrogens with zero attached hydrogens (tertiary/aromatic N) is 6. The maximum Gasteiger partial charge on any atom is 0.414 e. The molecule has 8 nitrogen and oxygen atoms in total. The number of amides is 1. The molecule has 8 heteroatoms. The summed E-state index contributed by atoms with van der Waals surface area (Å²) >= 11 is 0. The van der Waals surface area contributed by atoms with Crippen LogP contribution in [-0.2, 0) is 0 Å². The van der Waals surface area contributed by atoms with Gasteiger partial charge in [-0.25, -0.2) is 14.7 Å². The van der Waals surface area contributed by atoms with Crippen LogP contribution in [0.3, 0.4) is 0 Å². The molecule has 27 heavy (non-hydrogen) atoms. The molecule has 1 amide bonds. The van der Waals surface area contributed by atoms with Crippen molar-refractivity contribution in [3.8, 4) is 0 Å². The topological polar surface area (TPSA) is 86.9 Å². The van der Waals surface area contributed by atoms with Crippen LogP contribution in [0.4, 0.5) is 22.2 Å². The van der Waals surface area contributed by atoms with Crippen molar-refractivity contribution >= 4 is 29.2 Å². The first-order valence-corrected chi connectivity index (χ1v) is 9.09. The normalized spacial score (nSPS) is 11.1. The summed E-state index contributed by atoms with van der Waals surface area (Å²) in [4.78, 5) is 19.5. The molecular weight excluding hydrogens is 344 g/mol. The van der Waals surface area contributed by atoms with Crippen LogP contribution in [0.2, 0.25) is 0 Å². The molecule has 0 saturated heterocycles. The summed E-state index contributed by atoms with van der Waals surface area (Å²) in [5.74, 6) is 0.921. The molecule has 1 N–H and O–H groups in total. The molecule has 0 unspecified atom stereocenters. The summed E-state index contributed by atoms with van der Waals surface area (Å²) in [5.41, 5.74) is 1.54. The van der Waals surface area contributed by atoms with E-state index in [0.717, 1.165) is 25.1 Å². The Hall–Kier alpha value is -3.16. The summed E-state index contributed by atoms with van der Waals surface area (Å²) < 4.78 is 1.68. The number of rotatable bonds is 7. The molecule has 0 aliphatic rings. The number of carboxylic acid groups (broad SMARTS) is 1. The molecule has 0 fully saturated rings. The molecule has 0 spiro atoms. The Balaban J connectivity index is 2.12. The zero-order valence-corrected chi connectivity index (χ0v) is 15.8. The molecule has 3 aromatic rings. The van der Waals surface area contributed by atoms with Crippen LogP contribution in [0, 0.1) is 0 Å². The van der Waals surface area contributed by atoms with Gasteiger partial charge >= 0.3 is 6.09 Å². The van der Waals surface area contributed by atoms with Gasteiger partial charge in [0.15, 0.2) is 5.82 Å². The predicted molar refractivity (Wildman–Crippen MR) is 105 cm³/mol. The minimum atomic E-state index is -1.07. The Morgan fingerprint density at radius 1 is 1.22 bits per heavy atom. The zero-order chi connectivity index (χ0) is 19.4. The highest BCUT2D eigenvalue weighted by Crippen LogP contribution is 2.28. The highest BCUT2D eigenvalue weighted by atomic mass is 16.4. The molecule has 1 aromatic carbocycles. The molecule has 0 bridgehead atoms. The molecule has 2 heterocycles. The second kappa shape index (κ2) is 8.03.